The van der Waals surface area contributed by atoms with Crippen molar-refractivity contribution >= 4 is 46.9 Å². The van der Waals surface area contributed by atoms with Gasteiger partial charge in [-0.25, -0.2) is 9.31 Å². The molecule has 154 valence electrons. The van der Waals surface area contributed by atoms with Gasteiger partial charge in [0.25, 0.3) is 5.56 Å². The van der Waals surface area contributed by atoms with Crippen LogP contribution in [-0.4, -0.2) is 48.3 Å². The van der Waals surface area contributed by atoms with Crippen molar-refractivity contribution in [1.82, 2.24) is 24.4 Å². The Morgan fingerprint density at radius 1 is 1.27 bits per heavy atom. The number of carboxylic acid groups (broad SMARTS) is 1. The molecule has 0 aliphatic rings. The number of benzene rings is 1. The van der Waals surface area contributed by atoms with Crippen molar-refractivity contribution in [3.05, 3.63) is 57.6 Å². The van der Waals surface area contributed by atoms with Crippen LogP contribution in [0.25, 0.3) is 27.8 Å². The molecular formula is C19H16ClN5O4S. The molecule has 0 unspecified atom stereocenters. The highest BCUT2D eigenvalue weighted by Crippen LogP contribution is 2.30. The number of pyridine rings is 1. The molecule has 9 nitrogen and oxygen atoms in total. The van der Waals surface area contributed by atoms with Crippen molar-refractivity contribution in [2.45, 2.75) is 12.6 Å². The number of hydrogen-bond acceptors (Lipinski definition) is 7. The number of carboxylic acids is 1. The molecule has 0 bridgehead atoms. The van der Waals surface area contributed by atoms with Crippen LogP contribution in [0.4, 0.5) is 0 Å². The molecule has 4 aromatic rings. The van der Waals surface area contributed by atoms with Gasteiger partial charge in [0.2, 0.25) is 0 Å². The average molecular weight is 446 g/mol. The first kappa shape index (κ1) is 20.3. The predicted octanol–water partition coefficient (Wildman–Crippen LogP) is 2.46. The van der Waals surface area contributed by atoms with Gasteiger partial charge < -0.3 is 9.84 Å². The summed E-state index contributed by atoms with van der Waals surface area (Å²) < 4.78 is 7.88. The van der Waals surface area contributed by atoms with Crippen LogP contribution >= 0.6 is 24.2 Å². The zero-order chi connectivity index (χ0) is 21.4. The van der Waals surface area contributed by atoms with E-state index in [1.165, 1.54) is 10.7 Å². The Labute approximate surface area is 180 Å². The van der Waals surface area contributed by atoms with Crippen LogP contribution < -0.4 is 5.56 Å². The summed E-state index contributed by atoms with van der Waals surface area (Å²) in [6, 6.07) is 7.67. The van der Waals surface area contributed by atoms with E-state index in [0.29, 0.717) is 27.4 Å². The van der Waals surface area contributed by atoms with E-state index in [1.54, 1.807) is 25.3 Å². The van der Waals surface area contributed by atoms with Crippen LogP contribution in [0.3, 0.4) is 0 Å². The fourth-order valence-corrected chi connectivity index (χ4v) is 3.74. The van der Waals surface area contributed by atoms with E-state index in [-0.39, 0.29) is 17.9 Å². The van der Waals surface area contributed by atoms with Crippen LogP contribution in [0, 0.1) is 0 Å². The van der Waals surface area contributed by atoms with Gasteiger partial charge in [-0.15, -0.1) is 10.2 Å². The molecule has 1 N–H and O–H groups in total. The van der Waals surface area contributed by atoms with Crippen molar-refractivity contribution in [2.75, 3.05) is 12.9 Å². The monoisotopic (exact) mass is 445 g/mol. The minimum absolute atomic E-state index is 0.00663. The van der Waals surface area contributed by atoms with Gasteiger partial charge in [0, 0.05) is 24.1 Å². The summed E-state index contributed by atoms with van der Waals surface area (Å²) in [6.45, 7) is 0.223. The third-order valence-electron chi connectivity index (χ3n) is 4.69. The third-order valence-corrected chi connectivity index (χ3v) is 5.28. The Morgan fingerprint density at radius 2 is 2.00 bits per heavy atom. The number of nitrogens with zero attached hydrogens (tertiary/aromatic N) is 5. The summed E-state index contributed by atoms with van der Waals surface area (Å²) in [7, 11) is 1.56. The Kier molecular flexibility index (Phi) is 5.46. The predicted molar refractivity (Wildman–Crippen MR) is 114 cm³/mol. The largest absolute Gasteiger partial charge is 0.480 e. The summed E-state index contributed by atoms with van der Waals surface area (Å²) in [4.78, 5) is 24.3. The number of aliphatic carboxylic acids is 1. The molecule has 11 heteroatoms. The lowest BCUT2D eigenvalue weighted by atomic mass is 10.1. The molecule has 3 heterocycles. The number of thiol groups is 1. The maximum Gasteiger partial charge on any atom is 0.327 e. The van der Waals surface area contributed by atoms with Crippen molar-refractivity contribution in [1.29, 1.82) is 0 Å². The summed E-state index contributed by atoms with van der Waals surface area (Å²) >= 11 is 10.0. The lowest BCUT2D eigenvalue weighted by molar-refractivity contribution is -0.140. The number of aromatic nitrogens is 5. The Hall–Kier alpha value is -2.95. The van der Waals surface area contributed by atoms with Gasteiger partial charge in [0.05, 0.1) is 17.9 Å². The average Bonchev–Trinajstić information content (AvgIpc) is 3.09. The lowest BCUT2D eigenvalue weighted by Crippen LogP contribution is -2.31. The van der Waals surface area contributed by atoms with Crippen LogP contribution in [0.2, 0.25) is 5.02 Å². The molecule has 0 saturated heterocycles. The molecule has 0 radical (unpaired) electrons. The van der Waals surface area contributed by atoms with Gasteiger partial charge in [-0.05, 0) is 23.8 Å². The maximum absolute atomic E-state index is 12.9. The van der Waals surface area contributed by atoms with E-state index in [4.69, 9.17) is 16.3 Å². The minimum Gasteiger partial charge on any atom is -0.480 e. The van der Waals surface area contributed by atoms with Gasteiger partial charge in [-0.1, -0.05) is 23.7 Å². The second-order valence-corrected chi connectivity index (χ2v) is 7.30. The van der Waals surface area contributed by atoms with Crippen molar-refractivity contribution in [3.8, 4) is 11.1 Å². The van der Waals surface area contributed by atoms with Crippen LogP contribution in [0.5, 0.6) is 0 Å². The highest BCUT2D eigenvalue weighted by Gasteiger charge is 2.23. The molecule has 0 aliphatic carbocycles. The topological polar surface area (TPSA) is 112 Å². The number of halogens is 1. The van der Waals surface area contributed by atoms with E-state index in [2.05, 4.69) is 27.9 Å². The fraction of sp³-hybridized carbons (Fsp3) is 0.211. The van der Waals surface area contributed by atoms with Crippen LogP contribution in [0.1, 0.15) is 11.7 Å². The molecular weight excluding hydrogens is 430 g/mol. The maximum atomic E-state index is 12.9. The second kappa shape index (κ2) is 8.05. The first-order valence-electron chi connectivity index (χ1n) is 8.84. The molecule has 30 heavy (non-hydrogen) atoms. The molecule has 3 aromatic heterocycles. The second-order valence-electron chi connectivity index (χ2n) is 6.50. The zero-order valence-electron chi connectivity index (χ0n) is 15.7. The van der Waals surface area contributed by atoms with Gasteiger partial charge in [-0.3, -0.25) is 9.36 Å². The first-order valence-corrected chi connectivity index (χ1v) is 9.85. The van der Waals surface area contributed by atoms with E-state index >= 15 is 0 Å². The summed E-state index contributed by atoms with van der Waals surface area (Å²) in [6.07, 6.45) is 1.40. The molecule has 0 aliphatic heterocycles. The van der Waals surface area contributed by atoms with E-state index in [1.807, 2.05) is 12.1 Å². The SMILES string of the molecule is COCc1nn2c(nnc3c(=O)n([C@@H](CS)C(=O)O)ccc32)c1-c1ccc(Cl)cc1. The zero-order valence-corrected chi connectivity index (χ0v) is 17.3. The van der Waals surface area contributed by atoms with Crippen LogP contribution in [0.15, 0.2) is 41.3 Å². The molecule has 1 atom stereocenters. The molecule has 0 saturated carbocycles. The van der Waals surface area contributed by atoms with Gasteiger partial charge >= 0.3 is 5.97 Å². The highest BCUT2D eigenvalue weighted by molar-refractivity contribution is 7.80. The number of ether oxygens (including phenoxy) is 1. The van der Waals surface area contributed by atoms with E-state index in [9.17, 15) is 14.7 Å². The Morgan fingerprint density at radius 3 is 2.63 bits per heavy atom. The van der Waals surface area contributed by atoms with Gasteiger partial charge in [0.15, 0.2) is 11.2 Å². The summed E-state index contributed by atoms with van der Waals surface area (Å²) in [5.41, 5.74) is 2.42. The van der Waals surface area contributed by atoms with Crippen LogP contribution in [-0.2, 0) is 16.1 Å². The van der Waals surface area contributed by atoms with Crippen molar-refractivity contribution in [3.63, 3.8) is 0 Å². The minimum atomic E-state index is -1.16. The normalized spacial score (nSPS) is 12.5. The number of methoxy groups -OCH3 is 1. The molecule has 4 rings (SSSR count). The quantitative estimate of drug-likeness (QED) is 0.438. The molecule has 0 spiro atoms. The third kappa shape index (κ3) is 3.32. The van der Waals surface area contributed by atoms with E-state index in [0.717, 1.165) is 10.1 Å². The van der Waals surface area contributed by atoms with E-state index < -0.39 is 17.6 Å². The Balaban J connectivity index is 2.00. The number of fused-ring (bicyclic) bond motifs is 3. The van der Waals surface area contributed by atoms with Gasteiger partial charge in [-0.2, -0.15) is 17.7 Å². The lowest BCUT2D eigenvalue weighted by Gasteiger charge is -2.13. The number of carbonyl (C=O) groups is 1. The van der Waals surface area contributed by atoms with Crippen molar-refractivity contribution < 1.29 is 14.6 Å². The molecule has 0 amide bonds. The van der Waals surface area contributed by atoms with Crippen molar-refractivity contribution in [2.24, 2.45) is 0 Å². The fourth-order valence-electron chi connectivity index (χ4n) is 3.29. The summed E-state index contributed by atoms with van der Waals surface area (Å²) in [5.74, 6) is -1.20. The standard InChI is InChI=1S/C19H16ClN5O4S/c1-29-8-12-15(10-2-4-11(20)5-3-10)17-22-21-16-13(25(17)23-12)6-7-24(18(16)26)14(9-30)19(27)28/h2-7,14,30H,8-9H2,1H3,(H,27,28)/t14-/m0/s1. The molecule has 0 fully saturated rings. The Bertz CT molecular complexity index is 1320. The highest BCUT2D eigenvalue weighted by atomic mass is 35.5. The number of rotatable bonds is 6. The number of hydrogen-bond donors (Lipinski definition) is 2. The summed E-state index contributed by atoms with van der Waals surface area (Å²) in [5, 5.41) is 22.8. The molecule has 1 aromatic carbocycles. The first-order chi connectivity index (χ1) is 14.5. The van der Waals surface area contributed by atoms with Gasteiger partial charge in [0.1, 0.15) is 11.6 Å². The smallest absolute Gasteiger partial charge is 0.327 e.